The van der Waals surface area contributed by atoms with Crippen molar-refractivity contribution in [2.75, 3.05) is 6.54 Å². The first-order chi connectivity index (χ1) is 12.1. The molecule has 3 N–H and O–H groups in total. The first-order valence-corrected chi connectivity index (χ1v) is 10.3. The van der Waals surface area contributed by atoms with Crippen LogP contribution in [0.25, 0.3) is 0 Å². The summed E-state index contributed by atoms with van der Waals surface area (Å²) in [7, 11) is -3.86. The van der Waals surface area contributed by atoms with E-state index < -0.39 is 21.5 Å². The first-order valence-electron chi connectivity index (χ1n) is 8.78. The predicted octanol–water partition coefficient (Wildman–Crippen LogP) is 1.54. The molecule has 0 unspecified atom stereocenters. The standard InChI is InChI=1S/C17H27N3O5S/c1-17(2,3)20-26(23,24)15-10-9-13(25-15)16(22)18-11-14(21)19-12-7-5-4-6-8-12/h9-10,12,20H,4-8,11H2,1-3H3,(H,18,22)(H,19,21). The number of hydrogen-bond acceptors (Lipinski definition) is 5. The summed E-state index contributed by atoms with van der Waals surface area (Å²) in [4.78, 5) is 24.0. The van der Waals surface area contributed by atoms with Crippen molar-refractivity contribution >= 4 is 21.8 Å². The van der Waals surface area contributed by atoms with Crippen molar-refractivity contribution < 1.29 is 22.4 Å². The summed E-state index contributed by atoms with van der Waals surface area (Å²) in [6, 6.07) is 2.65. The van der Waals surface area contributed by atoms with Crippen LogP contribution in [0.15, 0.2) is 21.6 Å². The third-order valence-corrected chi connectivity index (χ3v) is 5.52. The average Bonchev–Trinajstić information content (AvgIpc) is 3.02. The highest BCUT2D eigenvalue weighted by Gasteiger charge is 2.26. The van der Waals surface area contributed by atoms with E-state index in [-0.39, 0.29) is 29.3 Å². The average molecular weight is 385 g/mol. The molecule has 1 aromatic heterocycles. The molecule has 0 saturated heterocycles. The van der Waals surface area contributed by atoms with Crippen molar-refractivity contribution in [3.8, 4) is 0 Å². The van der Waals surface area contributed by atoms with Gasteiger partial charge in [0.05, 0.1) is 6.54 Å². The number of nitrogens with one attached hydrogen (secondary N) is 3. The molecular formula is C17H27N3O5S. The maximum atomic E-state index is 12.2. The van der Waals surface area contributed by atoms with Crippen LogP contribution in [0.1, 0.15) is 63.4 Å². The zero-order valence-electron chi connectivity index (χ0n) is 15.4. The fraction of sp³-hybridized carbons (Fsp3) is 0.647. The highest BCUT2D eigenvalue weighted by molar-refractivity contribution is 7.89. The number of carbonyl (C=O) groups is 2. The van der Waals surface area contributed by atoms with Gasteiger partial charge in [-0.05, 0) is 45.7 Å². The Kier molecular flexibility index (Phi) is 6.46. The summed E-state index contributed by atoms with van der Waals surface area (Å²) < 4.78 is 31.9. The van der Waals surface area contributed by atoms with Crippen LogP contribution in [-0.4, -0.2) is 38.4 Å². The molecular weight excluding hydrogens is 358 g/mol. The van der Waals surface area contributed by atoms with Crippen molar-refractivity contribution in [2.45, 2.75) is 69.5 Å². The molecule has 2 amide bonds. The van der Waals surface area contributed by atoms with Gasteiger partial charge < -0.3 is 15.1 Å². The molecule has 8 nitrogen and oxygen atoms in total. The molecule has 0 atom stereocenters. The highest BCUT2D eigenvalue weighted by Crippen LogP contribution is 2.17. The molecule has 1 fully saturated rings. The molecule has 1 saturated carbocycles. The summed E-state index contributed by atoms with van der Waals surface area (Å²) in [5.41, 5.74) is -0.675. The second-order valence-corrected chi connectivity index (χ2v) is 9.17. The minimum atomic E-state index is -3.86. The van der Waals surface area contributed by atoms with E-state index in [1.807, 2.05) is 0 Å². The van der Waals surface area contributed by atoms with E-state index in [0.717, 1.165) is 25.7 Å². The van der Waals surface area contributed by atoms with Crippen molar-refractivity contribution in [1.29, 1.82) is 0 Å². The minimum Gasteiger partial charge on any atom is -0.438 e. The lowest BCUT2D eigenvalue weighted by Gasteiger charge is -2.22. The van der Waals surface area contributed by atoms with Crippen molar-refractivity contribution in [2.24, 2.45) is 0 Å². The van der Waals surface area contributed by atoms with Crippen LogP contribution in [0.3, 0.4) is 0 Å². The van der Waals surface area contributed by atoms with Crippen LogP contribution < -0.4 is 15.4 Å². The molecule has 1 aliphatic carbocycles. The maximum Gasteiger partial charge on any atom is 0.287 e. The Morgan fingerprint density at radius 2 is 1.81 bits per heavy atom. The third-order valence-electron chi connectivity index (χ3n) is 3.89. The topological polar surface area (TPSA) is 118 Å². The van der Waals surface area contributed by atoms with E-state index in [1.165, 1.54) is 18.6 Å². The van der Waals surface area contributed by atoms with Gasteiger partial charge in [-0.15, -0.1) is 0 Å². The number of amides is 2. The highest BCUT2D eigenvalue weighted by atomic mass is 32.2. The largest absolute Gasteiger partial charge is 0.438 e. The normalized spacial score (nSPS) is 16.3. The maximum absolute atomic E-state index is 12.2. The Balaban J connectivity index is 1.88. The molecule has 0 aliphatic heterocycles. The van der Waals surface area contributed by atoms with Crippen molar-refractivity contribution in [1.82, 2.24) is 15.4 Å². The number of furan rings is 1. The summed E-state index contributed by atoms with van der Waals surface area (Å²) >= 11 is 0. The van der Waals surface area contributed by atoms with Gasteiger partial charge in [0.2, 0.25) is 11.0 Å². The lowest BCUT2D eigenvalue weighted by Crippen LogP contribution is -2.42. The molecule has 2 rings (SSSR count). The van der Waals surface area contributed by atoms with Gasteiger partial charge in [0.15, 0.2) is 5.76 Å². The van der Waals surface area contributed by atoms with Gasteiger partial charge in [0.25, 0.3) is 15.9 Å². The van der Waals surface area contributed by atoms with Gasteiger partial charge in [0, 0.05) is 11.6 Å². The summed E-state index contributed by atoms with van der Waals surface area (Å²) in [5.74, 6) is -1.06. The second kappa shape index (κ2) is 8.22. The number of sulfonamides is 1. The van der Waals surface area contributed by atoms with Crippen molar-refractivity contribution in [3.63, 3.8) is 0 Å². The minimum absolute atomic E-state index is 0.162. The molecule has 9 heteroatoms. The van der Waals surface area contributed by atoms with E-state index >= 15 is 0 Å². The van der Waals surface area contributed by atoms with Crippen LogP contribution in [0.2, 0.25) is 0 Å². The summed E-state index contributed by atoms with van der Waals surface area (Å²) in [6.07, 6.45) is 5.31. The molecule has 146 valence electrons. The van der Waals surface area contributed by atoms with E-state index in [0.29, 0.717) is 0 Å². The van der Waals surface area contributed by atoms with Crippen LogP contribution in [-0.2, 0) is 14.8 Å². The molecule has 0 radical (unpaired) electrons. The zero-order chi connectivity index (χ0) is 19.4. The second-order valence-electron chi connectivity index (χ2n) is 7.56. The Labute approximate surface area is 154 Å². The first kappa shape index (κ1) is 20.4. The smallest absolute Gasteiger partial charge is 0.287 e. The van der Waals surface area contributed by atoms with Crippen LogP contribution in [0.5, 0.6) is 0 Å². The van der Waals surface area contributed by atoms with Gasteiger partial charge in [0.1, 0.15) is 0 Å². The number of hydrogen-bond donors (Lipinski definition) is 3. The molecule has 0 aromatic carbocycles. The van der Waals surface area contributed by atoms with E-state index in [9.17, 15) is 18.0 Å². The summed E-state index contributed by atoms with van der Waals surface area (Å²) in [6.45, 7) is 4.92. The number of carbonyl (C=O) groups excluding carboxylic acids is 2. The van der Waals surface area contributed by atoms with Gasteiger partial charge >= 0.3 is 0 Å². The van der Waals surface area contributed by atoms with Crippen LogP contribution in [0.4, 0.5) is 0 Å². The Bertz CT molecular complexity index is 743. The molecule has 26 heavy (non-hydrogen) atoms. The van der Waals surface area contributed by atoms with Gasteiger partial charge in [-0.1, -0.05) is 19.3 Å². The van der Waals surface area contributed by atoms with E-state index in [2.05, 4.69) is 15.4 Å². The quantitative estimate of drug-likeness (QED) is 0.686. The van der Waals surface area contributed by atoms with Crippen LogP contribution >= 0.6 is 0 Å². The van der Waals surface area contributed by atoms with Gasteiger partial charge in [-0.3, -0.25) is 9.59 Å². The zero-order valence-corrected chi connectivity index (χ0v) is 16.2. The molecule has 0 bridgehead atoms. The Morgan fingerprint density at radius 3 is 2.42 bits per heavy atom. The fourth-order valence-corrected chi connectivity index (χ4v) is 4.17. The lowest BCUT2D eigenvalue weighted by atomic mass is 9.95. The lowest BCUT2D eigenvalue weighted by molar-refractivity contribution is -0.121. The third kappa shape index (κ3) is 6.14. The Morgan fingerprint density at radius 1 is 1.15 bits per heavy atom. The summed E-state index contributed by atoms with van der Waals surface area (Å²) in [5, 5.41) is 4.99. The monoisotopic (exact) mass is 385 g/mol. The SMILES string of the molecule is CC(C)(C)NS(=O)(=O)c1ccc(C(=O)NCC(=O)NC2CCCCC2)o1. The van der Waals surface area contributed by atoms with Crippen LogP contribution in [0, 0.1) is 0 Å². The van der Waals surface area contributed by atoms with Gasteiger partial charge in [-0.25, -0.2) is 13.1 Å². The van der Waals surface area contributed by atoms with Gasteiger partial charge in [-0.2, -0.15) is 0 Å². The Hall–Kier alpha value is -1.87. The molecule has 0 spiro atoms. The van der Waals surface area contributed by atoms with E-state index in [1.54, 1.807) is 20.8 Å². The van der Waals surface area contributed by atoms with E-state index in [4.69, 9.17) is 4.42 Å². The molecule has 1 aromatic rings. The molecule has 1 heterocycles. The van der Waals surface area contributed by atoms with Crippen molar-refractivity contribution in [3.05, 3.63) is 17.9 Å². The predicted molar refractivity (Wildman–Crippen MR) is 96.1 cm³/mol. The number of rotatable bonds is 6. The fourth-order valence-electron chi connectivity index (χ4n) is 2.81. The molecule has 1 aliphatic rings.